The van der Waals surface area contributed by atoms with Gasteiger partial charge in [0.05, 0.1) is 11.0 Å². The van der Waals surface area contributed by atoms with Gasteiger partial charge in [0.1, 0.15) is 5.82 Å². The number of benzene rings is 1. The Labute approximate surface area is 100 Å². The zero-order valence-corrected chi connectivity index (χ0v) is 10.5. The quantitative estimate of drug-likeness (QED) is 0.873. The van der Waals surface area contributed by atoms with Crippen LogP contribution in [0.4, 0.5) is 0 Å². The number of aromatic nitrogens is 2. The molecular formula is C12H16ClN3. The normalized spacial score (nSPS) is 15.3. The van der Waals surface area contributed by atoms with Crippen LogP contribution in [0.5, 0.6) is 0 Å². The van der Waals surface area contributed by atoms with Crippen LogP contribution in [0.3, 0.4) is 0 Å². The maximum Gasteiger partial charge on any atom is 0.114 e. The van der Waals surface area contributed by atoms with E-state index in [1.165, 1.54) is 0 Å². The molecule has 1 aromatic carbocycles. The molecule has 2 rings (SSSR count). The molecule has 0 saturated carbocycles. The minimum absolute atomic E-state index is 0.0889. The summed E-state index contributed by atoms with van der Waals surface area (Å²) < 4.78 is 2.08. The molecule has 86 valence electrons. The second-order valence-corrected chi connectivity index (χ2v) is 4.75. The molecule has 2 aromatic rings. The van der Waals surface area contributed by atoms with Crippen molar-refractivity contribution < 1.29 is 0 Å². The molecule has 0 spiro atoms. The highest BCUT2D eigenvalue weighted by atomic mass is 35.5. The van der Waals surface area contributed by atoms with Crippen LogP contribution < -0.4 is 5.73 Å². The fourth-order valence-electron chi connectivity index (χ4n) is 1.83. The zero-order chi connectivity index (χ0) is 11.9. The first-order valence-corrected chi connectivity index (χ1v) is 5.76. The predicted molar refractivity (Wildman–Crippen MR) is 67.8 cm³/mol. The average Bonchev–Trinajstić information content (AvgIpc) is 2.54. The molecule has 0 bridgehead atoms. The molecule has 2 atom stereocenters. The number of imidazole rings is 1. The van der Waals surface area contributed by atoms with Crippen molar-refractivity contribution in [1.82, 2.24) is 9.55 Å². The second-order valence-electron chi connectivity index (χ2n) is 4.31. The van der Waals surface area contributed by atoms with Gasteiger partial charge in [0, 0.05) is 24.0 Å². The summed E-state index contributed by atoms with van der Waals surface area (Å²) >= 11 is 5.95. The van der Waals surface area contributed by atoms with Gasteiger partial charge in [0.25, 0.3) is 0 Å². The van der Waals surface area contributed by atoms with Crippen molar-refractivity contribution in [2.45, 2.75) is 25.8 Å². The number of nitrogens with zero attached hydrogens (tertiary/aromatic N) is 2. The van der Waals surface area contributed by atoms with Gasteiger partial charge in [-0.1, -0.05) is 18.5 Å². The molecule has 3 nitrogen and oxygen atoms in total. The van der Waals surface area contributed by atoms with Gasteiger partial charge in [-0.15, -0.1) is 0 Å². The Kier molecular flexibility index (Phi) is 2.91. The van der Waals surface area contributed by atoms with Crippen LogP contribution in [0.2, 0.25) is 5.02 Å². The van der Waals surface area contributed by atoms with E-state index in [0.717, 1.165) is 16.9 Å². The van der Waals surface area contributed by atoms with E-state index in [0.29, 0.717) is 5.02 Å². The van der Waals surface area contributed by atoms with Crippen molar-refractivity contribution >= 4 is 22.6 Å². The summed E-state index contributed by atoms with van der Waals surface area (Å²) in [4.78, 5) is 4.59. The van der Waals surface area contributed by atoms with Gasteiger partial charge in [-0.3, -0.25) is 0 Å². The molecule has 4 heteroatoms. The van der Waals surface area contributed by atoms with E-state index < -0.39 is 0 Å². The molecule has 0 aliphatic heterocycles. The lowest BCUT2D eigenvalue weighted by molar-refractivity contribution is 0.565. The van der Waals surface area contributed by atoms with Gasteiger partial charge in [-0.2, -0.15) is 0 Å². The van der Waals surface area contributed by atoms with E-state index in [-0.39, 0.29) is 12.0 Å². The molecular weight excluding hydrogens is 222 g/mol. The van der Waals surface area contributed by atoms with Crippen molar-refractivity contribution in [3.05, 3.63) is 29.0 Å². The highest BCUT2D eigenvalue weighted by Gasteiger charge is 2.17. The SMILES string of the molecule is CC(N)C(C)c1nc2cc(Cl)ccc2n1C. The van der Waals surface area contributed by atoms with Crippen LogP contribution in [0, 0.1) is 0 Å². The van der Waals surface area contributed by atoms with E-state index >= 15 is 0 Å². The third kappa shape index (κ3) is 1.81. The van der Waals surface area contributed by atoms with Crippen molar-refractivity contribution in [2.24, 2.45) is 12.8 Å². The molecule has 0 radical (unpaired) electrons. The van der Waals surface area contributed by atoms with Gasteiger partial charge < -0.3 is 10.3 Å². The number of hydrogen-bond donors (Lipinski definition) is 1. The molecule has 1 heterocycles. The van der Waals surface area contributed by atoms with Crippen LogP contribution in [-0.2, 0) is 7.05 Å². The Balaban J connectivity index is 2.60. The summed E-state index contributed by atoms with van der Waals surface area (Å²) in [5, 5.41) is 0.714. The number of nitrogens with two attached hydrogens (primary N) is 1. The van der Waals surface area contributed by atoms with E-state index in [1.54, 1.807) is 0 Å². The minimum Gasteiger partial charge on any atom is -0.331 e. The Morgan fingerprint density at radius 2 is 2.06 bits per heavy atom. The van der Waals surface area contributed by atoms with Crippen LogP contribution >= 0.6 is 11.6 Å². The number of fused-ring (bicyclic) bond motifs is 1. The van der Waals surface area contributed by atoms with Crippen molar-refractivity contribution in [3.63, 3.8) is 0 Å². The minimum atomic E-state index is 0.0889. The fourth-order valence-corrected chi connectivity index (χ4v) is 2.00. The maximum atomic E-state index is 5.95. The number of rotatable bonds is 2. The fraction of sp³-hybridized carbons (Fsp3) is 0.417. The molecule has 2 N–H and O–H groups in total. The van der Waals surface area contributed by atoms with Crippen LogP contribution in [0.15, 0.2) is 18.2 Å². The number of hydrogen-bond acceptors (Lipinski definition) is 2. The zero-order valence-electron chi connectivity index (χ0n) is 9.74. The summed E-state index contributed by atoms with van der Waals surface area (Å²) in [5.41, 5.74) is 7.93. The second kappa shape index (κ2) is 4.07. The monoisotopic (exact) mass is 237 g/mol. The van der Waals surface area contributed by atoms with Gasteiger partial charge in [0.2, 0.25) is 0 Å². The smallest absolute Gasteiger partial charge is 0.114 e. The lowest BCUT2D eigenvalue weighted by Gasteiger charge is -2.14. The molecule has 0 fully saturated rings. The standard InChI is InChI=1S/C12H16ClN3/c1-7(8(2)14)12-15-10-6-9(13)4-5-11(10)16(12)3/h4-8H,14H2,1-3H3. The number of halogens is 1. The lowest BCUT2D eigenvalue weighted by Crippen LogP contribution is -2.24. The van der Waals surface area contributed by atoms with Gasteiger partial charge >= 0.3 is 0 Å². The average molecular weight is 238 g/mol. The highest BCUT2D eigenvalue weighted by molar-refractivity contribution is 6.31. The molecule has 0 aliphatic rings. The summed E-state index contributed by atoms with van der Waals surface area (Å²) in [5.74, 6) is 1.24. The Bertz CT molecular complexity index is 516. The first-order chi connectivity index (χ1) is 7.50. The molecule has 16 heavy (non-hydrogen) atoms. The predicted octanol–water partition coefficient (Wildman–Crippen LogP) is 2.68. The van der Waals surface area contributed by atoms with E-state index in [1.807, 2.05) is 32.2 Å². The third-order valence-electron chi connectivity index (χ3n) is 3.07. The van der Waals surface area contributed by atoms with Gasteiger partial charge in [-0.05, 0) is 25.1 Å². The molecule has 1 aromatic heterocycles. The van der Waals surface area contributed by atoms with Crippen molar-refractivity contribution in [2.75, 3.05) is 0 Å². The largest absolute Gasteiger partial charge is 0.331 e. The van der Waals surface area contributed by atoms with Crippen LogP contribution in [0.1, 0.15) is 25.6 Å². The molecule has 0 aliphatic carbocycles. The van der Waals surface area contributed by atoms with E-state index in [2.05, 4.69) is 16.5 Å². The van der Waals surface area contributed by atoms with E-state index in [4.69, 9.17) is 17.3 Å². The molecule has 0 saturated heterocycles. The van der Waals surface area contributed by atoms with Crippen LogP contribution in [0.25, 0.3) is 11.0 Å². The number of aryl methyl sites for hydroxylation is 1. The highest BCUT2D eigenvalue weighted by Crippen LogP contribution is 2.24. The van der Waals surface area contributed by atoms with Crippen molar-refractivity contribution in [1.29, 1.82) is 0 Å². The van der Waals surface area contributed by atoms with Gasteiger partial charge in [0.15, 0.2) is 0 Å². The Morgan fingerprint density at radius 1 is 1.38 bits per heavy atom. The van der Waals surface area contributed by atoms with Gasteiger partial charge in [-0.25, -0.2) is 4.98 Å². The molecule has 2 unspecified atom stereocenters. The summed E-state index contributed by atoms with van der Waals surface area (Å²) in [6, 6.07) is 5.84. The Hall–Kier alpha value is -1.06. The van der Waals surface area contributed by atoms with E-state index in [9.17, 15) is 0 Å². The first kappa shape index (κ1) is 11.4. The summed E-state index contributed by atoms with van der Waals surface area (Å²) in [7, 11) is 2.01. The molecule has 0 amide bonds. The topological polar surface area (TPSA) is 43.8 Å². The summed E-state index contributed by atoms with van der Waals surface area (Å²) in [6.07, 6.45) is 0. The summed E-state index contributed by atoms with van der Waals surface area (Å²) in [6.45, 7) is 4.09. The first-order valence-electron chi connectivity index (χ1n) is 5.38. The third-order valence-corrected chi connectivity index (χ3v) is 3.31. The Morgan fingerprint density at radius 3 is 2.69 bits per heavy atom. The van der Waals surface area contributed by atoms with Crippen LogP contribution in [-0.4, -0.2) is 15.6 Å². The van der Waals surface area contributed by atoms with Crippen molar-refractivity contribution in [3.8, 4) is 0 Å². The lowest BCUT2D eigenvalue weighted by atomic mass is 10.0. The maximum absolute atomic E-state index is 5.95.